The second kappa shape index (κ2) is 10.7. The Morgan fingerprint density at radius 1 is 1.20 bits per heavy atom. The van der Waals surface area contributed by atoms with Crippen LogP contribution >= 0.6 is 11.3 Å². The van der Waals surface area contributed by atoms with Crippen LogP contribution in [0.1, 0.15) is 35.9 Å². The minimum Gasteiger partial charge on any atom is -0.462 e. The molecule has 35 heavy (non-hydrogen) atoms. The molecule has 0 aliphatic carbocycles. The Hall–Kier alpha value is -4.31. The van der Waals surface area contributed by atoms with Gasteiger partial charge in [-0.1, -0.05) is 36.8 Å². The average Bonchev–Trinajstić information content (AvgIpc) is 3.48. The third kappa shape index (κ3) is 5.79. The van der Waals surface area contributed by atoms with Crippen LogP contribution < -0.4 is 5.32 Å². The number of unbranched alkanes of at least 4 members (excludes halogenated alkanes) is 1. The Balaban J connectivity index is 1.41. The number of rotatable bonds is 9. The van der Waals surface area contributed by atoms with E-state index >= 15 is 0 Å². The van der Waals surface area contributed by atoms with Gasteiger partial charge in [-0.05, 0) is 48.9 Å². The van der Waals surface area contributed by atoms with Gasteiger partial charge in [0.25, 0.3) is 5.69 Å². The lowest BCUT2D eigenvalue weighted by atomic mass is 10.1. The predicted octanol–water partition coefficient (Wildman–Crippen LogP) is 6.07. The first-order chi connectivity index (χ1) is 16.9. The van der Waals surface area contributed by atoms with Gasteiger partial charge < -0.3 is 9.15 Å². The maximum Gasteiger partial charge on any atom is 0.338 e. The zero-order chi connectivity index (χ0) is 24.8. The number of para-hydroxylation sites is 1. The zero-order valence-corrected chi connectivity index (χ0v) is 19.5. The summed E-state index contributed by atoms with van der Waals surface area (Å²) in [6.45, 7) is 2.40. The number of aromatic nitrogens is 1. The van der Waals surface area contributed by atoms with Crippen molar-refractivity contribution >= 4 is 50.3 Å². The molecule has 0 saturated heterocycles. The Morgan fingerprint density at radius 2 is 2.03 bits per heavy atom. The first-order valence-corrected chi connectivity index (χ1v) is 11.7. The standard InChI is InChI=1S/C25H21N3O6S/c1-2-3-14-33-24(30)16-8-11-19-22(15-16)35-25(26-19)27-23(29)13-10-17-9-12-21(34-17)18-6-4-5-7-20(18)28(31)32/h4-13,15H,2-3,14H2,1H3,(H,26,27,29)/b13-10+. The Morgan fingerprint density at radius 3 is 2.83 bits per heavy atom. The molecule has 0 radical (unpaired) electrons. The van der Waals surface area contributed by atoms with Gasteiger partial charge in [0.05, 0.1) is 32.9 Å². The van der Waals surface area contributed by atoms with Gasteiger partial charge in [0.1, 0.15) is 11.5 Å². The zero-order valence-electron chi connectivity index (χ0n) is 18.7. The lowest BCUT2D eigenvalue weighted by Gasteiger charge is -2.03. The molecule has 0 aliphatic heterocycles. The highest BCUT2D eigenvalue weighted by Gasteiger charge is 2.17. The van der Waals surface area contributed by atoms with E-state index in [1.807, 2.05) is 6.92 Å². The van der Waals surface area contributed by atoms with Gasteiger partial charge in [-0.2, -0.15) is 0 Å². The highest BCUT2D eigenvalue weighted by molar-refractivity contribution is 7.22. The molecule has 178 valence electrons. The molecule has 0 spiro atoms. The monoisotopic (exact) mass is 491 g/mol. The summed E-state index contributed by atoms with van der Waals surface area (Å²) in [6, 6.07) is 14.5. The van der Waals surface area contributed by atoms with E-state index < -0.39 is 10.8 Å². The summed E-state index contributed by atoms with van der Waals surface area (Å²) >= 11 is 1.24. The third-order valence-corrected chi connectivity index (χ3v) is 5.91. The number of hydrogen-bond donors (Lipinski definition) is 1. The van der Waals surface area contributed by atoms with E-state index in [-0.39, 0.29) is 11.7 Å². The van der Waals surface area contributed by atoms with E-state index in [0.717, 1.165) is 17.5 Å². The number of benzene rings is 2. The highest BCUT2D eigenvalue weighted by Crippen LogP contribution is 2.31. The van der Waals surface area contributed by atoms with Crippen molar-refractivity contribution in [2.75, 3.05) is 11.9 Å². The quantitative estimate of drug-likeness (QED) is 0.0990. The highest BCUT2D eigenvalue weighted by atomic mass is 32.1. The molecule has 4 aromatic rings. The first-order valence-electron chi connectivity index (χ1n) is 10.8. The van der Waals surface area contributed by atoms with Crippen LogP contribution in [0, 0.1) is 10.1 Å². The van der Waals surface area contributed by atoms with Crippen molar-refractivity contribution in [3.63, 3.8) is 0 Å². The molecule has 0 bridgehead atoms. The largest absolute Gasteiger partial charge is 0.462 e. The lowest BCUT2D eigenvalue weighted by Crippen LogP contribution is -2.07. The van der Waals surface area contributed by atoms with Gasteiger partial charge in [0.2, 0.25) is 5.91 Å². The van der Waals surface area contributed by atoms with Crippen LogP contribution in [0.25, 0.3) is 27.6 Å². The van der Waals surface area contributed by atoms with Gasteiger partial charge in [0, 0.05) is 12.1 Å². The number of nitro groups is 1. The van der Waals surface area contributed by atoms with Crippen LogP contribution in [0.5, 0.6) is 0 Å². The minimum atomic E-state index is -0.475. The minimum absolute atomic E-state index is 0.0664. The Kier molecular flexibility index (Phi) is 7.32. The van der Waals surface area contributed by atoms with E-state index in [4.69, 9.17) is 9.15 Å². The van der Waals surface area contributed by atoms with E-state index in [1.165, 1.54) is 29.6 Å². The van der Waals surface area contributed by atoms with Gasteiger partial charge in [-0.25, -0.2) is 9.78 Å². The fraction of sp³-hybridized carbons (Fsp3) is 0.160. The predicted molar refractivity (Wildman–Crippen MR) is 133 cm³/mol. The molecule has 2 aromatic heterocycles. The SMILES string of the molecule is CCCCOC(=O)c1ccc2nc(NC(=O)/C=C/c3ccc(-c4ccccc4[N+](=O)[O-])o3)sc2c1. The number of ether oxygens (including phenoxy) is 1. The molecule has 0 unspecified atom stereocenters. The number of nitrogens with zero attached hydrogens (tertiary/aromatic N) is 2. The van der Waals surface area contributed by atoms with E-state index in [2.05, 4.69) is 10.3 Å². The molecule has 2 heterocycles. The smallest absolute Gasteiger partial charge is 0.338 e. The lowest BCUT2D eigenvalue weighted by molar-refractivity contribution is -0.384. The number of hydrogen-bond acceptors (Lipinski definition) is 8. The summed E-state index contributed by atoms with van der Waals surface area (Å²) in [7, 11) is 0. The summed E-state index contributed by atoms with van der Waals surface area (Å²) in [5.41, 5.74) is 1.37. The second-order valence-corrected chi connectivity index (χ2v) is 8.52. The van der Waals surface area contributed by atoms with Gasteiger partial charge in [-0.15, -0.1) is 0 Å². The number of carbonyl (C=O) groups is 2. The molecule has 0 saturated carbocycles. The number of amides is 1. The van der Waals surface area contributed by atoms with Crippen molar-refractivity contribution < 1.29 is 23.7 Å². The van der Waals surface area contributed by atoms with Crippen molar-refractivity contribution in [2.45, 2.75) is 19.8 Å². The molecule has 9 nitrogen and oxygen atoms in total. The van der Waals surface area contributed by atoms with Crippen molar-refractivity contribution in [3.8, 4) is 11.3 Å². The maximum atomic E-state index is 12.4. The van der Waals surface area contributed by atoms with Crippen LogP contribution in [-0.2, 0) is 9.53 Å². The summed E-state index contributed by atoms with van der Waals surface area (Å²) in [5, 5.41) is 14.3. The summed E-state index contributed by atoms with van der Waals surface area (Å²) in [6.07, 6.45) is 4.50. The summed E-state index contributed by atoms with van der Waals surface area (Å²) in [4.78, 5) is 39.6. The molecule has 2 aromatic carbocycles. The average molecular weight is 492 g/mol. The normalized spacial score (nSPS) is 11.1. The topological polar surface area (TPSA) is 125 Å². The van der Waals surface area contributed by atoms with Crippen molar-refractivity contribution in [3.05, 3.63) is 82.1 Å². The molecular weight excluding hydrogens is 470 g/mol. The second-order valence-electron chi connectivity index (χ2n) is 7.49. The van der Waals surface area contributed by atoms with E-state index in [0.29, 0.717) is 39.9 Å². The number of nitro benzene ring substituents is 1. The molecule has 4 rings (SSSR count). The number of carbonyl (C=O) groups excluding carboxylic acids is 2. The number of nitrogens with one attached hydrogen (secondary N) is 1. The summed E-state index contributed by atoms with van der Waals surface area (Å²) < 4.78 is 11.6. The van der Waals surface area contributed by atoms with Crippen LogP contribution in [0.3, 0.4) is 0 Å². The van der Waals surface area contributed by atoms with Crippen LogP contribution in [0.15, 0.2) is 65.1 Å². The number of anilines is 1. The van der Waals surface area contributed by atoms with Crippen molar-refractivity contribution in [2.24, 2.45) is 0 Å². The molecular formula is C25H21N3O6S. The molecule has 0 aliphatic rings. The van der Waals surface area contributed by atoms with Gasteiger partial charge in [0.15, 0.2) is 5.13 Å². The number of furan rings is 1. The van der Waals surface area contributed by atoms with Crippen LogP contribution in [0.4, 0.5) is 10.8 Å². The molecule has 0 atom stereocenters. The number of fused-ring (bicyclic) bond motifs is 1. The number of esters is 1. The Labute approximate surface area is 204 Å². The summed E-state index contributed by atoms with van der Waals surface area (Å²) in [5.74, 6) is -0.121. The molecule has 1 amide bonds. The van der Waals surface area contributed by atoms with Crippen molar-refractivity contribution in [1.29, 1.82) is 0 Å². The third-order valence-electron chi connectivity index (χ3n) is 4.98. The fourth-order valence-corrected chi connectivity index (χ4v) is 4.14. The molecule has 10 heteroatoms. The molecule has 0 fully saturated rings. The fourth-order valence-electron chi connectivity index (χ4n) is 3.23. The number of thiazole rings is 1. The molecule has 1 N–H and O–H groups in total. The van der Waals surface area contributed by atoms with Gasteiger partial charge >= 0.3 is 5.97 Å². The maximum absolute atomic E-state index is 12.4. The first kappa shape index (κ1) is 23.8. The van der Waals surface area contributed by atoms with Crippen molar-refractivity contribution in [1.82, 2.24) is 4.98 Å². The Bertz CT molecular complexity index is 1420. The van der Waals surface area contributed by atoms with E-state index in [9.17, 15) is 19.7 Å². The van der Waals surface area contributed by atoms with E-state index in [1.54, 1.807) is 48.5 Å². The van der Waals surface area contributed by atoms with Crippen LogP contribution in [-0.4, -0.2) is 28.4 Å². The van der Waals surface area contributed by atoms with Gasteiger partial charge in [-0.3, -0.25) is 20.2 Å². The van der Waals surface area contributed by atoms with Crippen LogP contribution in [0.2, 0.25) is 0 Å².